The zero-order chi connectivity index (χ0) is 20.1. The van der Waals surface area contributed by atoms with Crippen LogP contribution in [0.25, 0.3) is 21.3 Å². The van der Waals surface area contributed by atoms with Crippen LogP contribution in [0.15, 0.2) is 69.6 Å². The Morgan fingerprint density at radius 2 is 1.60 bits per heavy atom. The summed E-state index contributed by atoms with van der Waals surface area (Å²) in [7, 11) is 0. The molecule has 148 valence electrons. The number of nitrogens with zero attached hydrogens (tertiary/aromatic N) is 3. The Hall–Kier alpha value is -2.70. The number of thiophene rings is 1. The monoisotopic (exact) mass is 429 g/mol. The molecule has 0 spiro atoms. The lowest BCUT2D eigenvalue weighted by Gasteiger charge is -2.16. The van der Waals surface area contributed by atoms with E-state index < -0.39 is 0 Å². The van der Waals surface area contributed by atoms with Crippen LogP contribution < -0.4 is 5.56 Å². The molecule has 30 heavy (non-hydrogen) atoms. The van der Waals surface area contributed by atoms with E-state index in [1.54, 1.807) is 23.1 Å². The van der Waals surface area contributed by atoms with Gasteiger partial charge in [0.2, 0.25) is 0 Å². The summed E-state index contributed by atoms with van der Waals surface area (Å²) in [6, 6.07) is 18.8. The van der Waals surface area contributed by atoms with Gasteiger partial charge in [-0.05, 0) is 47.9 Å². The molecule has 1 aliphatic carbocycles. The van der Waals surface area contributed by atoms with Crippen LogP contribution >= 0.6 is 23.1 Å². The van der Waals surface area contributed by atoms with Crippen LogP contribution in [-0.2, 0) is 12.8 Å². The molecule has 0 fully saturated rings. The van der Waals surface area contributed by atoms with Crippen LogP contribution in [0.4, 0.5) is 0 Å². The SMILES string of the molecule is O=c1c2c3c(sc2nc2n1N=C(c1ccc(-c4ccccc4)cc1)CS2)CCCC3. The van der Waals surface area contributed by atoms with Gasteiger partial charge in [-0.3, -0.25) is 4.79 Å². The minimum atomic E-state index is -0.0139. The van der Waals surface area contributed by atoms with Crippen molar-refractivity contribution in [1.29, 1.82) is 0 Å². The van der Waals surface area contributed by atoms with Crippen molar-refractivity contribution in [1.82, 2.24) is 9.66 Å². The van der Waals surface area contributed by atoms with Gasteiger partial charge in [-0.15, -0.1) is 11.3 Å². The molecular weight excluding hydrogens is 410 g/mol. The summed E-state index contributed by atoms with van der Waals surface area (Å²) in [5.41, 5.74) is 5.54. The highest BCUT2D eigenvalue weighted by molar-refractivity contribution is 7.99. The lowest BCUT2D eigenvalue weighted by Crippen LogP contribution is -2.26. The van der Waals surface area contributed by atoms with Crippen LogP contribution in [0.3, 0.4) is 0 Å². The number of rotatable bonds is 2. The number of hydrogen-bond acceptors (Lipinski definition) is 5. The summed E-state index contributed by atoms with van der Waals surface area (Å²) in [5.74, 6) is 0.716. The normalized spacial score (nSPS) is 15.5. The highest BCUT2D eigenvalue weighted by Crippen LogP contribution is 2.35. The van der Waals surface area contributed by atoms with Gasteiger partial charge in [0.05, 0.1) is 11.1 Å². The first-order valence-electron chi connectivity index (χ1n) is 10.2. The molecule has 0 unspecified atom stereocenters. The predicted molar refractivity (Wildman–Crippen MR) is 125 cm³/mol. The maximum absolute atomic E-state index is 13.3. The van der Waals surface area contributed by atoms with E-state index in [2.05, 4.69) is 36.4 Å². The summed E-state index contributed by atoms with van der Waals surface area (Å²) in [6.07, 6.45) is 4.41. The molecule has 4 aromatic rings. The highest BCUT2D eigenvalue weighted by Gasteiger charge is 2.24. The quantitative estimate of drug-likeness (QED) is 0.403. The zero-order valence-electron chi connectivity index (χ0n) is 16.3. The van der Waals surface area contributed by atoms with Gasteiger partial charge in [-0.25, -0.2) is 4.98 Å². The molecule has 4 nitrogen and oxygen atoms in total. The van der Waals surface area contributed by atoms with Crippen molar-refractivity contribution in [3.63, 3.8) is 0 Å². The molecule has 1 aliphatic heterocycles. The first-order chi connectivity index (χ1) is 14.8. The molecule has 3 heterocycles. The van der Waals surface area contributed by atoms with Crippen LogP contribution in [0.5, 0.6) is 0 Å². The maximum atomic E-state index is 13.3. The summed E-state index contributed by atoms with van der Waals surface area (Å²) >= 11 is 3.29. The van der Waals surface area contributed by atoms with Crippen LogP contribution in [0.1, 0.15) is 28.8 Å². The lowest BCUT2D eigenvalue weighted by molar-refractivity contribution is 0.687. The Bertz CT molecular complexity index is 1350. The molecule has 0 bridgehead atoms. The Morgan fingerprint density at radius 3 is 2.43 bits per heavy atom. The summed E-state index contributed by atoms with van der Waals surface area (Å²) in [4.78, 5) is 20.4. The lowest BCUT2D eigenvalue weighted by atomic mass is 9.97. The molecule has 2 aliphatic rings. The van der Waals surface area contributed by atoms with Gasteiger partial charge >= 0.3 is 0 Å². The van der Waals surface area contributed by atoms with Gasteiger partial charge in [-0.2, -0.15) is 9.78 Å². The largest absolute Gasteiger partial charge is 0.283 e. The molecule has 0 radical (unpaired) electrons. The predicted octanol–water partition coefficient (Wildman–Crippen LogP) is 5.36. The van der Waals surface area contributed by atoms with Gasteiger partial charge in [0.1, 0.15) is 4.83 Å². The number of benzene rings is 2. The first-order valence-corrected chi connectivity index (χ1v) is 12.0. The molecule has 0 atom stereocenters. The smallest absolute Gasteiger partial charge is 0.267 e. The summed E-state index contributed by atoms with van der Waals surface area (Å²) < 4.78 is 1.53. The van der Waals surface area contributed by atoms with Gasteiger partial charge in [0, 0.05) is 10.6 Å². The molecule has 0 saturated carbocycles. The van der Waals surface area contributed by atoms with Crippen molar-refractivity contribution in [2.45, 2.75) is 30.8 Å². The van der Waals surface area contributed by atoms with Crippen LogP contribution in [-0.4, -0.2) is 21.1 Å². The number of aromatic nitrogens is 2. The molecule has 0 amide bonds. The van der Waals surface area contributed by atoms with Crippen molar-refractivity contribution in [2.75, 3.05) is 5.75 Å². The standard InChI is InChI=1S/C24H19N3OS2/c28-23-21-18-8-4-5-9-20(18)30-22(21)25-24-27(23)26-19(14-29-24)17-12-10-16(11-13-17)15-6-2-1-3-7-15/h1-3,6-7,10-13H,4-5,8-9,14H2. The van der Waals surface area contributed by atoms with E-state index in [4.69, 9.17) is 10.1 Å². The van der Waals surface area contributed by atoms with E-state index >= 15 is 0 Å². The topological polar surface area (TPSA) is 47.2 Å². The third kappa shape index (κ3) is 2.94. The second-order valence-corrected chi connectivity index (χ2v) is 9.71. The van der Waals surface area contributed by atoms with Gasteiger partial charge in [0.15, 0.2) is 5.16 Å². The zero-order valence-corrected chi connectivity index (χ0v) is 17.9. The average Bonchev–Trinajstić information content (AvgIpc) is 3.18. The van der Waals surface area contributed by atoms with Gasteiger partial charge < -0.3 is 0 Å². The van der Waals surface area contributed by atoms with E-state index in [9.17, 15) is 4.79 Å². The van der Waals surface area contributed by atoms with E-state index in [1.807, 2.05) is 18.2 Å². The molecule has 0 saturated heterocycles. The fourth-order valence-electron chi connectivity index (χ4n) is 4.27. The summed E-state index contributed by atoms with van der Waals surface area (Å²) in [5, 5.41) is 6.24. The Morgan fingerprint density at radius 1 is 0.867 bits per heavy atom. The molecular formula is C24H19N3OS2. The van der Waals surface area contributed by atoms with Crippen molar-refractivity contribution in [3.05, 3.63) is 81.0 Å². The van der Waals surface area contributed by atoms with Crippen molar-refractivity contribution >= 4 is 39.0 Å². The van der Waals surface area contributed by atoms with Crippen molar-refractivity contribution < 1.29 is 0 Å². The fourth-order valence-corrected chi connectivity index (χ4v) is 6.47. The fraction of sp³-hybridized carbons (Fsp3) is 0.208. The van der Waals surface area contributed by atoms with E-state index in [0.29, 0.717) is 10.9 Å². The molecule has 2 aromatic carbocycles. The van der Waals surface area contributed by atoms with E-state index in [-0.39, 0.29) is 5.56 Å². The second-order valence-electron chi connectivity index (χ2n) is 7.68. The van der Waals surface area contributed by atoms with E-state index in [0.717, 1.165) is 40.8 Å². The summed E-state index contributed by atoms with van der Waals surface area (Å²) in [6.45, 7) is 0. The van der Waals surface area contributed by atoms with Crippen LogP contribution in [0, 0.1) is 0 Å². The molecule has 2 aromatic heterocycles. The van der Waals surface area contributed by atoms with Crippen molar-refractivity contribution in [3.8, 4) is 11.1 Å². The Kier molecular flexibility index (Phi) is 4.35. The van der Waals surface area contributed by atoms with Crippen LogP contribution in [0.2, 0.25) is 0 Å². The van der Waals surface area contributed by atoms with Gasteiger partial charge in [0.25, 0.3) is 5.56 Å². The third-order valence-electron chi connectivity index (χ3n) is 5.82. The molecule has 6 heteroatoms. The Balaban J connectivity index is 1.42. The highest BCUT2D eigenvalue weighted by atomic mass is 32.2. The molecule has 6 rings (SSSR count). The second kappa shape index (κ2) is 7.22. The number of thioether (sulfide) groups is 1. The van der Waals surface area contributed by atoms with E-state index in [1.165, 1.54) is 32.7 Å². The molecule has 0 N–H and O–H groups in total. The first kappa shape index (κ1) is 18.1. The minimum absolute atomic E-state index is 0.0139. The number of hydrogen-bond donors (Lipinski definition) is 0. The number of aryl methyl sites for hydroxylation is 2. The van der Waals surface area contributed by atoms with Gasteiger partial charge in [-0.1, -0.05) is 66.4 Å². The minimum Gasteiger partial charge on any atom is -0.267 e. The maximum Gasteiger partial charge on any atom is 0.283 e. The average molecular weight is 430 g/mol. The third-order valence-corrected chi connectivity index (χ3v) is 7.95. The van der Waals surface area contributed by atoms with Crippen molar-refractivity contribution in [2.24, 2.45) is 5.10 Å². The Labute approximate surface area is 182 Å². The number of fused-ring (bicyclic) bond motifs is 4.